The lowest BCUT2D eigenvalue weighted by Crippen LogP contribution is -2.33. The van der Waals surface area contributed by atoms with Crippen molar-refractivity contribution in [3.8, 4) is 5.75 Å². The Hall–Kier alpha value is -1.89. The Balaban J connectivity index is 1.85. The second-order valence-electron chi connectivity index (χ2n) is 4.74. The van der Waals surface area contributed by atoms with Crippen LogP contribution in [0.1, 0.15) is 6.42 Å². The lowest BCUT2D eigenvalue weighted by molar-refractivity contribution is -0.139. The number of hydrogen-bond acceptors (Lipinski definition) is 4. The third kappa shape index (κ3) is 5.18. The summed E-state index contributed by atoms with van der Waals surface area (Å²) in [5.41, 5.74) is 0.456. The zero-order chi connectivity index (χ0) is 15.1. The summed E-state index contributed by atoms with van der Waals surface area (Å²) in [6, 6.07) is 6.44. The number of benzene rings is 1. The molecule has 7 heteroatoms. The van der Waals surface area contributed by atoms with Crippen LogP contribution in [-0.4, -0.2) is 41.8 Å². The molecule has 1 unspecified atom stereocenters. The van der Waals surface area contributed by atoms with Crippen LogP contribution < -0.4 is 15.4 Å². The van der Waals surface area contributed by atoms with Crippen LogP contribution in [0, 0.1) is 5.92 Å². The molecule has 1 atom stereocenters. The van der Waals surface area contributed by atoms with E-state index in [0.717, 1.165) is 17.9 Å². The molecule has 21 heavy (non-hydrogen) atoms. The highest BCUT2D eigenvalue weighted by molar-refractivity contribution is 7.99. The van der Waals surface area contributed by atoms with Crippen molar-refractivity contribution in [2.75, 3.05) is 30.0 Å². The molecule has 1 aliphatic rings. The van der Waals surface area contributed by atoms with Gasteiger partial charge >= 0.3 is 12.0 Å². The van der Waals surface area contributed by atoms with Gasteiger partial charge in [0.2, 0.25) is 0 Å². The first-order chi connectivity index (χ1) is 10.1. The molecular formula is C14H18N2O4S. The molecule has 1 saturated heterocycles. The number of amides is 2. The molecule has 2 rings (SSSR count). The third-order valence-corrected chi connectivity index (χ3v) is 4.29. The summed E-state index contributed by atoms with van der Waals surface area (Å²) in [4.78, 5) is 22.4. The number of carbonyl (C=O) groups excluding carboxylic acids is 1. The number of carboxylic acids is 1. The van der Waals surface area contributed by atoms with Crippen LogP contribution in [0.2, 0.25) is 0 Å². The number of ether oxygens (including phenoxy) is 1. The highest BCUT2D eigenvalue weighted by Gasteiger charge is 2.16. The van der Waals surface area contributed by atoms with Crippen LogP contribution >= 0.6 is 11.8 Å². The standard InChI is InChI=1S/C14H18N2O4S/c17-13(18)8-20-12-4-2-1-3-11(12)16-14(19)15-7-10-5-6-21-9-10/h1-4,10H,5-9H2,(H,17,18)(H2,15,16,19). The summed E-state index contributed by atoms with van der Waals surface area (Å²) in [5, 5.41) is 14.1. The summed E-state index contributed by atoms with van der Waals surface area (Å²) in [7, 11) is 0. The molecule has 2 amide bonds. The fraction of sp³-hybridized carbons (Fsp3) is 0.429. The Morgan fingerprint density at radius 2 is 2.19 bits per heavy atom. The molecule has 3 N–H and O–H groups in total. The van der Waals surface area contributed by atoms with E-state index in [4.69, 9.17) is 9.84 Å². The molecule has 0 aromatic heterocycles. The van der Waals surface area contributed by atoms with Gasteiger partial charge in [0.15, 0.2) is 6.61 Å². The Labute approximate surface area is 127 Å². The molecular weight excluding hydrogens is 292 g/mol. The van der Waals surface area contributed by atoms with Crippen molar-refractivity contribution in [3.05, 3.63) is 24.3 Å². The Morgan fingerprint density at radius 1 is 1.38 bits per heavy atom. The van der Waals surface area contributed by atoms with Crippen molar-refractivity contribution in [3.63, 3.8) is 0 Å². The van der Waals surface area contributed by atoms with Crippen molar-refractivity contribution < 1.29 is 19.4 Å². The van der Waals surface area contributed by atoms with E-state index in [1.165, 1.54) is 0 Å². The molecule has 1 aliphatic heterocycles. The molecule has 1 aromatic carbocycles. The first-order valence-electron chi connectivity index (χ1n) is 6.71. The van der Waals surface area contributed by atoms with Gasteiger partial charge in [-0.3, -0.25) is 0 Å². The molecule has 0 radical (unpaired) electrons. The van der Waals surface area contributed by atoms with E-state index in [9.17, 15) is 9.59 Å². The van der Waals surface area contributed by atoms with E-state index < -0.39 is 12.6 Å². The molecule has 0 saturated carbocycles. The number of urea groups is 1. The largest absolute Gasteiger partial charge is 0.480 e. The Bertz CT molecular complexity index is 504. The number of aliphatic carboxylic acids is 1. The number of hydrogen-bond donors (Lipinski definition) is 3. The minimum atomic E-state index is -1.06. The summed E-state index contributed by atoms with van der Waals surface area (Å²) >= 11 is 1.90. The smallest absolute Gasteiger partial charge is 0.341 e. The number of nitrogens with one attached hydrogen (secondary N) is 2. The minimum absolute atomic E-state index is 0.307. The lowest BCUT2D eigenvalue weighted by Gasteiger charge is -2.13. The van der Waals surface area contributed by atoms with E-state index in [-0.39, 0.29) is 6.03 Å². The Morgan fingerprint density at radius 3 is 2.90 bits per heavy atom. The number of para-hydroxylation sites is 2. The monoisotopic (exact) mass is 310 g/mol. The summed E-state index contributed by atoms with van der Waals surface area (Å²) in [6.45, 7) is 0.205. The molecule has 0 bridgehead atoms. The van der Waals surface area contributed by atoms with Gasteiger partial charge in [0.05, 0.1) is 5.69 Å². The van der Waals surface area contributed by atoms with Crippen LogP contribution in [-0.2, 0) is 4.79 Å². The van der Waals surface area contributed by atoms with Crippen LogP contribution in [0.25, 0.3) is 0 Å². The van der Waals surface area contributed by atoms with Crippen molar-refractivity contribution in [2.45, 2.75) is 6.42 Å². The molecule has 1 aromatic rings. The normalized spacial score (nSPS) is 17.2. The maximum absolute atomic E-state index is 11.9. The summed E-state index contributed by atoms with van der Waals surface area (Å²) < 4.78 is 5.13. The van der Waals surface area contributed by atoms with Gasteiger partial charge in [0, 0.05) is 6.54 Å². The highest BCUT2D eigenvalue weighted by atomic mass is 32.2. The van der Waals surface area contributed by atoms with Crippen molar-refractivity contribution >= 4 is 29.4 Å². The predicted molar refractivity (Wildman–Crippen MR) is 82.0 cm³/mol. The van der Waals surface area contributed by atoms with Crippen LogP contribution in [0.3, 0.4) is 0 Å². The maximum Gasteiger partial charge on any atom is 0.341 e. The molecule has 0 spiro atoms. The zero-order valence-electron chi connectivity index (χ0n) is 11.5. The van der Waals surface area contributed by atoms with Gasteiger partial charge in [-0.15, -0.1) is 0 Å². The highest BCUT2D eigenvalue weighted by Crippen LogP contribution is 2.24. The average Bonchev–Trinajstić information content (AvgIpc) is 2.97. The topological polar surface area (TPSA) is 87.7 Å². The fourth-order valence-electron chi connectivity index (χ4n) is 1.98. The fourth-order valence-corrected chi connectivity index (χ4v) is 3.27. The lowest BCUT2D eigenvalue weighted by atomic mass is 10.1. The number of carboxylic acid groups (broad SMARTS) is 1. The second kappa shape index (κ2) is 7.78. The SMILES string of the molecule is O=C(O)COc1ccccc1NC(=O)NCC1CCSC1. The number of carbonyl (C=O) groups is 2. The molecule has 1 heterocycles. The first-order valence-corrected chi connectivity index (χ1v) is 7.87. The van der Waals surface area contributed by atoms with Gasteiger partial charge in [-0.25, -0.2) is 9.59 Å². The number of rotatable bonds is 6. The summed E-state index contributed by atoms with van der Waals surface area (Å²) in [6.07, 6.45) is 1.13. The van der Waals surface area contributed by atoms with Crippen LogP contribution in [0.15, 0.2) is 24.3 Å². The van der Waals surface area contributed by atoms with Gasteiger partial charge in [0.25, 0.3) is 0 Å². The van der Waals surface area contributed by atoms with Gasteiger partial charge in [-0.05, 0) is 36.0 Å². The second-order valence-corrected chi connectivity index (χ2v) is 5.89. The Kier molecular flexibility index (Phi) is 5.74. The minimum Gasteiger partial charge on any atom is -0.480 e. The first kappa shape index (κ1) is 15.5. The molecule has 114 valence electrons. The predicted octanol–water partition coefficient (Wildman–Crippen LogP) is 2.02. The number of thioether (sulfide) groups is 1. The van der Waals surface area contributed by atoms with Crippen molar-refractivity contribution in [1.82, 2.24) is 5.32 Å². The van der Waals surface area contributed by atoms with Gasteiger partial charge in [-0.1, -0.05) is 12.1 Å². The van der Waals surface area contributed by atoms with E-state index in [1.807, 2.05) is 11.8 Å². The van der Waals surface area contributed by atoms with E-state index in [2.05, 4.69) is 10.6 Å². The van der Waals surface area contributed by atoms with E-state index in [1.54, 1.807) is 24.3 Å². The number of anilines is 1. The maximum atomic E-state index is 11.9. The van der Waals surface area contributed by atoms with Crippen LogP contribution in [0.4, 0.5) is 10.5 Å². The van der Waals surface area contributed by atoms with Gasteiger partial charge < -0.3 is 20.5 Å². The van der Waals surface area contributed by atoms with E-state index in [0.29, 0.717) is 23.9 Å². The van der Waals surface area contributed by atoms with Gasteiger partial charge in [-0.2, -0.15) is 11.8 Å². The van der Waals surface area contributed by atoms with Crippen LogP contribution in [0.5, 0.6) is 5.75 Å². The van der Waals surface area contributed by atoms with Crippen molar-refractivity contribution in [2.24, 2.45) is 5.92 Å². The quantitative estimate of drug-likeness (QED) is 0.748. The zero-order valence-corrected chi connectivity index (χ0v) is 12.3. The average molecular weight is 310 g/mol. The van der Waals surface area contributed by atoms with E-state index >= 15 is 0 Å². The molecule has 6 nitrogen and oxygen atoms in total. The van der Waals surface area contributed by atoms with Gasteiger partial charge in [0.1, 0.15) is 5.75 Å². The van der Waals surface area contributed by atoms with Crippen molar-refractivity contribution in [1.29, 1.82) is 0 Å². The summed E-state index contributed by atoms with van der Waals surface area (Å²) in [5.74, 6) is 2.04. The molecule has 1 fully saturated rings. The third-order valence-electron chi connectivity index (χ3n) is 3.06. The molecule has 0 aliphatic carbocycles.